The molecule has 0 radical (unpaired) electrons. The van der Waals surface area contributed by atoms with Gasteiger partial charge in [0.25, 0.3) is 0 Å². The lowest BCUT2D eigenvalue weighted by Crippen LogP contribution is -2.41. The van der Waals surface area contributed by atoms with Crippen LogP contribution in [0.4, 0.5) is 4.39 Å². The van der Waals surface area contributed by atoms with Gasteiger partial charge in [-0.3, -0.25) is 9.69 Å². The third-order valence-electron chi connectivity index (χ3n) is 4.61. The summed E-state index contributed by atoms with van der Waals surface area (Å²) in [6.07, 6.45) is 1.47. The molecule has 0 aliphatic carbocycles. The molecule has 6 heteroatoms. The fraction of sp³-hybridized carbons (Fsp3) is 0.316. The summed E-state index contributed by atoms with van der Waals surface area (Å²) in [6.45, 7) is 1.21. The van der Waals surface area contributed by atoms with Gasteiger partial charge in [0.1, 0.15) is 5.82 Å². The Bertz CT molecular complexity index is 767. The van der Waals surface area contributed by atoms with E-state index in [0.717, 1.165) is 24.1 Å². The molecule has 1 aliphatic rings. The minimum Gasteiger partial charge on any atom is -0.481 e. The number of likely N-dealkylation sites (tertiary alicyclic amines) is 1. The van der Waals surface area contributed by atoms with E-state index in [1.165, 1.54) is 12.1 Å². The molecule has 2 aromatic carbocycles. The van der Waals surface area contributed by atoms with Gasteiger partial charge in [0.15, 0.2) is 0 Å². The Kier molecular flexibility index (Phi) is 5.62. The molecule has 3 nitrogen and oxygen atoms in total. The lowest BCUT2D eigenvalue weighted by atomic mass is 9.91. The summed E-state index contributed by atoms with van der Waals surface area (Å²) < 4.78 is 13.3. The van der Waals surface area contributed by atoms with E-state index < -0.39 is 11.9 Å². The fourth-order valence-electron chi connectivity index (χ4n) is 3.38. The SMILES string of the molecule is O=C(O)C1CCCN(C(c2ccc(F)cc2)c2ccc(Cl)c(Cl)c2)C1. The van der Waals surface area contributed by atoms with Crippen LogP contribution in [0.5, 0.6) is 0 Å². The molecule has 0 saturated carbocycles. The second kappa shape index (κ2) is 7.73. The van der Waals surface area contributed by atoms with Gasteiger partial charge in [-0.2, -0.15) is 0 Å². The summed E-state index contributed by atoms with van der Waals surface area (Å²) in [6, 6.07) is 11.5. The largest absolute Gasteiger partial charge is 0.481 e. The quantitative estimate of drug-likeness (QED) is 0.808. The van der Waals surface area contributed by atoms with E-state index in [0.29, 0.717) is 23.0 Å². The number of nitrogens with zero attached hydrogens (tertiary/aromatic N) is 1. The van der Waals surface area contributed by atoms with Gasteiger partial charge >= 0.3 is 5.97 Å². The van der Waals surface area contributed by atoms with Crippen molar-refractivity contribution in [1.29, 1.82) is 0 Å². The standard InChI is InChI=1S/C19H18Cl2FNO2/c20-16-8-5-13(10-17(16)21)18(12-3-6-15(22)7-4-12)23-9-1-2-14(11-23)19(24)25/h3-8,10,14,18H,1-2,9,11H2,(H,24,25). The Balaban J connectivity index is 2.00. The zero-order chi connectivity index (χ0) is 18.0. The Labute approximate surface area is 156 Å². The van der Waals surface area contributed by atoms with Crippen molar-refractivity contribution in [3.8, 4) is 0 Å². The van der Waals surface area contributed by atoms with Crippen molar-refractivity contribution in [3.05, 3.63) is 69.5 Å². The first-order chi connectivity index (χ1) is 12.0. The van der Waals surface area contributed by atoms with Crippen molar-refractivity contribution < 1.29 is 14.3 Å². The number of rotatable bonds is 4. The van der Waals surface area contributed by atoms with Crippen LogP contribution in [-0.4, -0.2) is 29.1 Å². The number of piperidine rings is 1. The maximum absolute atomic E-state index is 13.3. The van der Waals surface area contributed by atoms with Crippen molar-refractivity contribution in [2.75, 3.05) is 13.1 Å². The Morgan fingerprint density at radius 3 is 2.44 bits per heavy atom. The van der Waals surface area contributed by atoms with Crippen LogP contribution >= 0.6 is 23.2 Å². The smallest absolute Gasteiger partial charge is 0.307 e. The van der Waals surface area contributed by atoms with E-state index >= 15 is 0 Å². The highest BCUT2D eigenvalue weighted by atomic mass is 35.5. The van der Waals surface area contributed by atoms with Crippen LogP contribution in [0.3, 0.4) is 0 Å². The summed E-state index contributed by atoms with van der Waals surface area (Å²) >= 11 is 12.2. The summed E-state index contributed by atoms with van der Waals surface area (Å²) in [7, 11) is 0. The maximum Gasteiger partial charge on any atom is 0.307 e. The number of halogens is 3. The van der Waals surface area contributed by atoms with E-state index in [1.54, 1.807) is 24.3 Å². The zero-order valence-corrected chi connectivity index (χ0v) is 15.0. The third-order valence-corrected chi connectivity index (χ3v) is 5.35. The van der Waals surface area contributed by atoms with Crippen LogP contribution in [0.1, 0.15) is 30.0 Å². The molecule has 2 atom stereocenters. The van der Waals surface area contributed by atoms with E-state index in [4.69, 9.17) is 23.2 Å². The Morgan fingerprint density at radius 1 is 1.12 bits per heavy atom. The Morgan fingerprint density at radius 2 is 1.80 bits per heavy atom. The highest BCUT2D eigenvalue weighted by molar-refractivity contribution is 6.42. The second-order valence-electron chi connectivity index (χ2n) is 6.30. The molecule has 2 aromatic rings. The molecule has 3 rings (SSSR count). The molecule has 1 N–H and O–H groups in total. The lowest BCUT2D eigenvalue weighted by molar-refractivity contribution is -0.143. The molecule has 0 spiro atoms. The van der Waals surface area contributed by atoms with Gasteiger partial charge in [0, 0.05) is 6.54 Å². The van der Waals surface area contributed by atoms with Crippen molar-refractivity contribution in [3.63, 3.8) is 0 Å². The molecule has 1 fully saturated rings. The topological polar surface area (TPSA) is 40.5 Å². The van der Waals surface area contributed by atoms with E-state index in [-0.39, 0.29) is 11.9 Å². The summed E-state index contributed by atoms with van der Waals surface area (Å²) in [5.74, 6) is -1.49. The van der Waals surface area contributed by atoms with Crippen molar-refractivity contribution in [2.24, 2.45) is 5.92 Å². The highest BCUT2D eigenvalue weighted by Crippen LogP contribution is 2.35. The molecule has 0 bridgehead atoms. The molecule has 25 heavy (non-hydrogen) atoms. The molecular weight excluding hydrogens is 364 g/mol. The molecule has 1 heterocycles. The normalized spacial score (nSPS) is 19.6. The van der Waals surface area contributed by atoms with E-state index in [2.05, 4.69) is 4.90 Å². The third kappa shape index (κ3) is 4.14. The number of carbonyl (C=O) groups is 1. The number of benzene rings is 2. The predicted octanol–water partition coefficient (Wildman–Crippen LogP) is 5.02. The van der Waals surface area contributed by atoms with Crippen LogP contribution in [0.2, 0.25) is 10.0 Å². The monoisotopic (exact) mass is 381 g/mol. The van der Waals surface area contributed by atoms with E-state index in [9.17, 15) is 14.3 Å². The van der Waals surface area contributed by atoms with Crippen LogP contribution in [0.15, 0.2) is 42.5 Å². The van der Waals surface area contributed by atoms with Crippen molar-refractivity contribution in [2.45, 2.75) is 18.9 Å². The van der Waals surface area contributed by atoms with Gasteiger partial charge in [0.05, 0.1) is 22.0 Å². The summed E-state index contributed by atoms with van der Waals surface area (Å²) in [5.41, 5.74) is 1.80. The Hall–Kier alpha value is -1.62. The average Bonchev–Trinajstić information content (AvgIpc) is 2.60. The van der Waals surface area contributed by atoms with Gasteiger partial charge in [0.2, 0.25) is 0 Å². The second-order valence-corrected chi connectivity index (χ2v) is 7.11. The predicted molar refractivity (Wildman–Crippen MR) is 96.6 cm³/mol. The molecule has 1 saturated heterocycles. The van der Waals surface area contributed by atoms with Crippen LogP contribution in [-0.2, 0) is 4.79 Å². The van der Waals surface area contributed by atoms with Crippen LogP contribution in [0.25, 0.3) is 0 Å². The highest BCUT2D eigenvalue weighted by Gasteiger charge is 2.31. The lowest BCUT2D eigenvalue weighted by Gasteiger charge is -2.37. The van der Waals surface area contributed by atoms with Crippen LogP contribution in [0, 0.1) is 11.7 Å². The van der Waals surface area contributed by atoms with E-state index in [1.807, 2.05) is 6.07 Å². The molecule has 0 aromatic heterocycles. The number of carboxylic acid groups (broad SMARTS) is 1. The van der Waals surface area contributed by atoms with Gasteiger partial charge in [-0.25, -0.2) is 4.39 Å². The first kappa shape index (κ1) is 18.2. The zero-order valence-electron chi connectivity index (χ0n) is 13.5. The minimum atomic E-state index is -0.781. The van der Waals surface area contributed by atoms with Gasteiger partial charge in [-0.15, -0.1) is 0 Å². The molecule has 2 unspecified atom stereocenters. The van der Waals surface area contributed by atoms with Gasteiger partial charge in [-0.05, 0) is 54.8 Å². The number of carboxylic acids is 1. The molecule has 132 valence electrons. The van der Waals surface area contributed by atoms with Crippen LogP contribution < -0.4 is 0 Å². The minimum absolute atomic E-state index is 0.197. The van der Waals surface area contributed by atoms with Gasteiger partial charge < -0.3 is 5.11 Å². The number of hydrogen-bond donors (Lipinski definition) is 1. The maximum atomic E-state index is 13.3. The summed E-state index contributed by atoms with van der Waals surface area (Å²) in [4.78, 5) is 13.5. The number of hydrogen-bond acceptors (Lipinski definition) is 2. The van der Waals surface area contributed by atoms with Gasteiger partial charge in [-0.1, -0.05) is 41.4 Å². The number of aliphatic carboxylic acids is 1. The molecular formula is C19H18Cl2FNO2. The first-order valence-corrected chi connectivity index (χ1v) is 8.88. The molecule has 0 amide bonds. The first-order valence-electron chi connectivity index (χ1n) is 8.13. The van der Waals surface area contributed by atoms with Crippen molar-refractivity contribution in [1.82, 2.24) is 4.90 Å². The van der Waals surface area contributed by atoms with Crippen molar-refractivity contribution >= 4 is 29.2 Å². The average molecular weight is 382 g/mol. The fourth-order valence-corrected chi connectivity index (χ4v) is 3.69. The summed E-state index contributed by atoms with van der Waals surface area (Å²) in [5, 5.41) is 10.3. The molecule has 1 aliphatic heterocycles.